The third kappa shape index (κ3) is 3.79. The quantitative estimate of drug-likeness (QED) is 0.843. The van der Waals surface area contributed by atoms with Gasteiger partial charge in [-0.3, -0.25) is 0 Å². The smallest absolute Gasteiger partial charge is 0.425 e. The van der Waals surface area contributed by atoms with Crippen LogP contribution < -0.4 is 10.5 Å². The number of hydrogen-bond donors (Lipinski definition) is 1. The topological polar surface area (TPSA) is 35.2 Å². The molecule has 0 aliphatic rings. The molecule has 0 spiro atoms. The van der Waals surface area contributed by atoms with Gasteiger partial charge in [-0.1, -0.05) is 18.2 Å². The van der Waals surface area contributed by atoms with Crippen molar-refractivity contribution in [3.63, 3.8) is 0 Å². The highest BCUT2D eigenvalue weighted by molar-refractivity contribution is 5.21. The zero-order valence-electron chi connectivity index (χ0n) is 8.00. The van der Waals surface area contributed by atoms with Gasteiger partial charge in [-0.25, -0.2) is 0 Å². The number of ether oxygens (including phenoxy) is 1. The molecule has 1 aromatic carbocycles. The second-order valence-corrected chi connectivity index (χ2v) is 3.04. The van der Waals surface area contributed by atoms with Crippen LogP contribution in [-0.2, 0) is 0 Å². The van der Waals surface area contributed by atoms with Crippen LogP contribution in [0.5, 0.6) is 5.75 Å². The van der Waals surface area contributed by atoms with E-state index in [4.69, 9.17) is 10.5 Å². The molecule has 84 valence electrons. The van der Waals surface area contributed by atoms with Gasteiger partial charge >= 0.3 is 6.18 Å². The highest BCUT2D eigenvalue weighted by Crippen LogP contribution is 2.26. The Morgan fingerprint density at radius 2 is 1.80 bits per heavy atom. The summed E-state index contributed by atoms with van der Waals surface area (Å²) in [5, 5.41) is 0. The van der Waals surface area contributed by atoms with E-state index in [1.807, 2.05) is 0 Å². The summed E-state index contributed by atoms with van der Waals surface area (Å²) in [6.07, 6.45) is -6.45. The maximum absolute atomic E-state index is 12.4. The van der Waals surface area contributed by atoms with Crippen LogP contribution in [0.15, 0.2) is 30.3 Å². The van der Waals surface area contributed by atoms with Crippen LogP contribution in [0.1, 0.15) is 6.42 Å². The fraction of sp³-hybridized carbons (Fsp3) is 0.400. The molecule has 0 bridgehead atoms. The van der Waals surface area contributed by atoms with Gasteiger partial charge in [0, 0.05) is 6.42 Å². The second-order valence-electron chi connectivity index (χ2n) is 3.04. The van der Waals surface area contributed by atoms with Crippen LogP contribution in [0.25, 0.3) is 0 Å². The summed E-state index contributed by atoms with van der Waals surface area (Å²) in [5.41, 5.74) is 5.10. The Hall–Kier alpha value is -1.23. The number of para-hydroxylation sites is 1. The highest BCUT2D eigenvalue weighted by Gasteiger charge is 2.41. The average molecular weight is 219 g/mol. The van der Waals surface area contributed by atoms with E-state index in [2.05, 4.69) is 0 Å². The van der Waals surface area contributed by atoms with E-state index in [0.29, 0.717) is 0 Å². The summed E-state index contributed by atoms with van der Waals surface area (Å²) in [7, 11) is 0. The lowest BCUT2D eigenvalue weighted by Crippen LogP contribution is -2.36. The van der Waals surface area contributed by atoms with Gasteiger partial charge in [0.25, 0.3) is 0 Å². The molecule has 15 heavy (non-hydrogen) atoms. The fourth-order valence-electron chi connectivity index (χ4n) is 1.10. The molecule has 0 radical (unpaired) electrons. The third-order valence-electron chi connectivity index (χ3n) is 1.82. The molecule has 2 nitrogen and oxygen atoms in total. The molecule has 0 aromatic heterocycles. The maximum Gasteiger partial charge on any atom is 0.425 e. The molecule has 0 heterocycles. The monoisotopic (exact) mass is 219 g/mol. The Morgan fingerprint density at radius 1 is 1.20 bits per heavy atom. The van der Waals surface area contributed by atoms with Crippen molar-refractivity contribution in [1.29, 1.82) is 0 Å². The lowest BCUT2D eigenvalue weighted by molar-refractivity contribution is -0.196. The van der Waals surface area contributed by atoms with Gasteiger partial charge in [0.05, 0.1) is 0 Å². The first-order valence-electron chi connectivity index (χ1n) is 4.52. The first-order chi connectivity index (χ1) is 7.04. The van der Waals surface area contributed by atoms with Crippen LogP contribution in [0.2, 0.25) is 0 Å². The Kier molecular flexibility index (Phi) is 3.96. The third-order valence-corrected chi connectivity index (χ3v) is 1.82. The number of halogens is 3. The minimum atomic E-state index is -4.38. The molecule has 1 atom stereocenters. The molecule has 0 amide bonds. The molecule has 0 aliphatic heterocycles. The normalized spacial score (nSPS) is 13.6. The van der Waals surface area contributed by atoms with Gasteiger partial charge < -0.3 is 10.5 Å². The van der Waals surface area contributed by atoms with Crippen LogP contribution >= 0.6 is 0 Å². The summed E-state index contributed by atoms with van der Waals surface area (Å²) in [5.74, 6) is 0.202. The average Bonchev–Trinajstić information content (AvgIpc) is 2.17. The molecule has 0 aliphatic carbocycles. The van der Waals surface area contributed by atoms with Gasteiger partial charge in [0.1, 0.15) is 5.75 Å². The maximum atomic E-state index is 12.4. The number of rotatable bonds is 4. The van der Waals surface area contributed by atoms with Crippen molar-refractivity contribution in [1.82, 2.24) is 0 Å². The highest BCUT2D eigenvalue weighted by atomic mass is 19.4. The molecule has 0 fully saturated rings. The van der Waals surface area contributed by atoms with Crippen molar-refractivity contribution in [3.05, 3.63) is 30.3 Å². The first-order valence-corrected chi connectivity index (χ1v) is 4.52. The Labute approximate surface area is 85.8 Å². The molecular weight excluding hydrogens is 207 g/mol. The molecule has 2 N–H and O–H groups in total. The molecule has 0 saturated carbocycles. The van der Waals surface area contributed by atoms with Gasteiger partial charge in [-0.2, -0.15) is 13.2 Å². The fourth-order valence-corrected chi connectivity index (χ4v) is 1.10. The van der Waals surface area contributed by atoms with Crippen LogP contribution in [-0.4, -0.2) is 18.8 Å². The minimum absolute atomic E-state index is 0.0585. The number of hydrogen-bond acceptors (Lipinski definition) is 2. The van der Waals surface area contributed by atoms with Crippen molar-refractivity contribution >= 4 is 0 Å². The largest absolute Gasteiger partial charge is 0.481 e. The number of alkyl halides is 3. The summed E-state index contributed by atoms with van der Waals surface area (Å²) >= 11 is 0. The molecule has 5 heteroatoms. The van der Waals surface area contributed by atoms with Crippen molar-refractivity contribution in [2.75, 3.05) is 6.54 Å². The van der Waals surface area contributed by atoms with Gasteiger partial charge in [0.2, 0.25) is 0 Å². The Morgan fingerprint density at radius 3 is 2.27 bits per heavy atom. The van der Waals surface area contributed by atoms with Crippen molar-refractivity contribution in [2.24, 2.45) is 5.73 Å². The molecule has 0 saturated heterocycles. The van der Waals surface area contributed by atoms with Crippen molar-refractivity contribution in [3.8, 4) is 5.75 Å². The predicted molar refractivity (Wildman–Crippen MR) is 50.6 cm³/mol. The molecule has 1 aromatic rings. The lowest BCUT2D eigenvalue weighted by atomic mass is 10.2. The van der Waals surface area contributed by atoms with E-state index in [1.165, 1.54) is 12.1 Å². The van der Waals surface area contributed by atoms with Crippen molar-refractivity contribution < 1.29 is 17.9 Å². The Bertz CT molecular complexity index is 286. The summed E-state index contributed by atoms with van der Waals surface area (Å²) in [6.45, 7) is -0.0585. The number of nitrogens with two attached hydrogens (primary N) is 1. The van der Waals surface area contributed by atoms with E-state index >= 15 is 0 Å². The lowest BCUT2D eigenvalue weighted by Gasteiger charge is -2.21. The zero-order valence-corrected chi connectivity index (χ0v) is 8.00. The van der Waals surface area contributed by atoms with Crippen LogP contribution in [0, 0.1) is 0 Å². The summed E-state index contributed by atoms with van der Waals surface area (Å²) < 4.78 is 42.1. The standard InChI is InChI=1S/C10H12F3NO/c11-10(12,13)9(6-7-14)15-8-4-2-1-3-5-8/h1-5,9H,6-7,14H2. The second kappa shape index (κ2) is 5.02. The van der Waals surface area contributed by atoms with Crippen LogP contribution in [0.3, 0.4) is 0 Å². The summed E-state index contributed by atoms with van der Waals surface area (Å²) in [4.78, 5) is 0. The van der Waals surface area contributed by atoms with Gasteiger partial charge in [0.15, 0.2) is 6.10 Å². The van der Waals surface area contributed by atoms with E-state index in [9.17, 15) is 13.2 Å². The molecule has 1 unspecified atom stereocenters. The zero-order chi connectivity index (χ0) is 11.3. The van der Waals surface area contributed by atoms with Gasteiger partial charge in [-0.05, 0) is 18.7 Å². The minimum Gasteiger partial charge on any atom is -0.481 e. The number of benzene rings is 1. The molecular formula is C10H12F3NO. The van der Waals surface area contributed by atoms with E-state index in [0.717, 1.165) is 0 Å². The van der Waals surface area contributed by atoms with Crippen LogP contribution in [0.4, 0.5) is 13.2 Å². The Balaban J connectivity index is 2.67. The van der Waals surface area contributed by atoms with E-state index in [1.54, 1.807) is 18.2 Å². The van der Waals surface area contributed by atoms with Gasteiger partial charge in [-0.15, -0.1) is 0 Å². The SMILES string of the molecule is NCCC(Oc1ccccc1)C(F)(F)F. The predicted octanol–water partition coefficient (Wildman–Crippen LogP) is 2.35. The van der Waals surface area contributed by atoms with Crippen molar-refractivity contribution in [2.45, 2.75) is 18.7 Å². The van der Waals surface area contributed by atoms with E-state index in [-0.39, 0.29) is 18.7 Å². The van der Waals surface area contributed by atoms with E-state index < -0.39 is 12.3 Å². The molecule has 1 rings (SSSR count). The summed E-state index contributed by atoms with van der Waals surface area (Å²) in [6, 6.07) is 7.90. The first kappa shape index (κ1) is 11.8.